The topological polar surface area (TPSA) is 12.4 Å². The fraction of sp³-hybridized carbons (Fsp3) is 0.941. The van der Waals surface area contributed by atoms with Crippen molar-refractivity contribution in [1.29, 1.82) is 0 Å². The maximum Gasteiger partial charge on any atom is 0.0875 e. The third kappa shape index (κ3) is 2.37. The molecule has 4 aliphatic carbocycles. The smallest absolute Gasteiger partial charge is 0.0875 e. The first-order valence-corrected chi connectivity index (χ1v) is 8.37. The van der Waals surface area contributed by atoms with Gasteiger partial charge >= 0.3 is 0 Å². The van der Waals surface area contributed by atoms with Crippen molar-refractivity contribution >= 4 is 17.3 Å². The van der Waals surface area contributed by atoms with E-state index in [-0.39, 0.29) is 10.3 Å². The molecule has 4 bridgehead atoms. The Labute approximate surface area is 123 Å². The third-order valence-corrected chi connectivity index (χ3v) is 6.56. The molecule has 0 aromatic carbocycles. The number of halogens is 1. The molecule has 1 nitrogen and oxygen atoms in total. The molecule has 4 fully saturated rings. The normalized spacial score (nSPS) is 45.8. The molecule has 2 heteroatoms. The molecule has 0 aromatic rings. The van der Waals surface area contributed by atoms with Gasteiger partial charge < -0.3 is 0 Å². The van der Waals surface area contributed by atoms with Crippen LogP contribution in [0.3, 0.4) is 0 Å². The second-order valence-corrected chi connectivity index (χ2v) is 9.16. The van der Waals surface area contributed by atoms with Gasteiger partial charge in [-0.3, -0.25) is 4.99 Å². The van der Waals surface area contributed by atoms with Crippen LogP contribution < -0.4 is 0 Å². The molecule has 0 heterocycles. The number of hydrogen-bond acceptors (Lipinski definition) is 1. The Hall–Kier alpha value is -0.0400. The van der Waals surface area contributed by atoms with Gasteiger partial charge in [-0.15, -0.1) is 11.6 Å². The number of hydrogen-bond donors (Lipinski definition) is 0. The summed E-state index contributed by atoms with van der Waals surface area (Å²) >= 11 is 7.18. The van der Waals surface area contributed by atoms with Crippen LogP contribution in [0.4, 0.5) is 0 Å². The van der Waals surface area contributed by atoms with Gasteiger partial charge in [-0.25, -0.2) is 0 Å². The minimum atomic E-state index is -0.0985. The molecule has 0 aliphatic heterocycles. The van der Waals surface area contributed by atoms with Crippen molar-refractivity contribution in [3.05, 3.63) is 0 Å². The van der Waals surface area contributed by atoms with Crippen molar-refractivity contribution in [2.75, 3.05) is 6.54 Å². The molecule has 0 saturated heterocycles. The van der Waals surface area contributed by atoms with Crippen LogP contribution in [-0.2, 0) is 0 Å². The SMILES string of the molecule is CC(=NCC(C)(C)C)C1(Cl)C2CC3CC(C2)CC1C3. The lowest BCUT2D eigenvalue weighted by molar-refractivity contribution is 0.00439. The van der Waals surface area contributed by atoms with Crippen LogP contribution in [0.15, 0.2) is 4.99 Å². The van der Waals surface area contributed by atoms with Crippen LogP contribution in [0.1, 0.15) is 59.8 Å². The van der Waals surface area contributed by atoms with Gasteiger partial charge in [-0.05, 0) is 68.1 Å². The lowest BCUT2D eigenvalue weighted by Crippen LogP contribution is -2.58. The quantitative estimate of drug-likeness (QED) is 0.503. The summed E-state index contributed by atoms with van der Waals surface area (Å²) in [6.07, 6.45) is 6.92. The van der Waals surface area contributed by atoms with Crippen molar-refractivity contribution in [1.82, 2.24) is 0 Å². The van der Waals surface area contributed by atoms with Gasteiger partial charge in [0.1, 0.15) is 0 Å². The van der Waals surface area contributed by atoms with E-state index in [0.717, 1.165) is 18.4 Å². The highest BCUT2D eigenvalue weighted by Gasteiger charge is 2.57. The molecule has 4 saturated carbocycles. The Morgan fingerprint density at radius 3 is 1.95 bits per heavy atom. The van der Waals surface area contributed by atoms with Crippen molar-refractivity contribution in [3.63, 3.8) is 0 Å². The molecule has 108 valence electrons. The molecular formula is C17H28ClN. The summed E-state index contributed by atoms with van der Waals surface area (Å²) in [7, 11) is 0. The third-order valence-electron chi connectivity index (χ3n) is 5.67. The summed E-state index contributed by atoms with van der Waals surface area (Å²) in [4.78, 5) is 4.80. The summed E-state index contributed by atoms with van der Waals surface area (Å²) < 4.78 is 0. The second-order valence-electron chi connectivity index (χ2n) is 8.53. The Balaban J connectivity index is 1.82. The molecule has 0 amide bonds. The molecule has 0 radical (unpaired) electrons. The Kier molecular flexibility index (Phi) is 3.28. The summed E-state index contributed by atoms with van der Waals surface area (Å²) in [6.45, 7) is 9.85. The van der Waals surface area contributed by atoms with Crippen molar-refractivity contribution in [2.24, 2.45) is 34.1 Å². The van der Waals surface area contributed by atoms with Gasteiger partial charge in [-0.2, -0.15) is 0 Å². The number of aliphatic imine (C=N–C) groups is 1. The zero-order valence-corrected chi connectivity index (χ0v) is 13.6. The molecule has 4 rings (SSSR count). The maximum absolute atomic E-state index is 7.18. The monoisotopic (exact) mass is 281 g/mol. The van der Waals surface area contributed by atoms with Crippen molar-refractivity contribution in [2.45, 2.75) is 64.7 Å². The van der Waals surface area contributed by atoms with Gasteiger partial charge in [0.2, 0.25) is 0 Å². The maximum atomic E-state index is 7.18. The lowest BCUT2D eigenvalue weighted by atomic mass is 9.50. The largest absolute Gasteiger partial charge is 0.292 e. The first kappa shape index (κ1) is 13.9. The minimum absolute atomic E-state index is 0.0985. The Morgan fingerprint density at radius 1 is 1.05 bits per heavy atom. The first-order valence-electron chi connectivity index (χ1n) is 7.99. The van der Waals surface area contributed by atoms with Crippen LogP contribution in [-0.4, -0.2) is 17.1 Å². The van der Waals surface area contributed by atoms with Crippen LogP contribution in [0.5, 0.6) is 0 Å². The van der Waals surface area contributed by atoms with Crippen LogP contribution in [0.2, 0.25) is 0 Å². The molecule has 0 N–H and O–H groups in total. The van der Waals surface area contributed by atoms with Gasteiger partial charge in [0.25, 0.3) is 0 Å². The summed E-state index contributed by atoms with van der Waals surface area (Å²) in [5.74, 6) is 3.36. The zero-order chi connectivity index (χ0) is 13.8. The average Bonchev–Trinajstić information content (AvgIpc) is 2.30. The highest BCUT2D eigenvalue weighted by atomic mass is 35.5. The van der Waals surface area contributed by atoms with E-state index in [9.17, 15) is 0 Å². The van der Waals surface area contributed by atoms with Gasteiger partial charge in [0.15, 0.2) is 0 Å². The summed E-state index contributed by atoms with van der Waals surface area (Å²) in [5.41, 5.74) is 1.50. The van der Waals surface area contributed by atoms with E-state index < -0.39 is 0 Å². The zero-order valence-electron chi connectivity index (χ0n) is 12.9. The summed E-state index contributed by atoms with van der Waals surface area (Å²) in [6, 6.07) is 0. The number of rotatable bonds is 2. The Morgan fingerprint density at radius 2 is 1.53 bits per heavy atom. The van der Waals surface area contributed by atoms with Crippen LogP contribution in [0, 0.1) is 29.1 Å². The molecule has 0 spiro atoms. The summed E-state index contributed by atoms with van der Waals surface area (Å²) in [5, 5.41) is 0. The van der Waals surface area contributed by atoms with E-state index in [1.165, 1.54) is 37.8 Å². The van der Waals surface area contributed by atoms with Crippen molar-refractivity contribution < 1.29 is 0 Å². The van der Waals surface area contributed by atoms with E-state index in [4.69, 9.17) is 16.6 Å². The van der Waals surface area contributed by atoms with E-state index in [1.807, 2.05) is 0 Å². The number of nitrogens with zero attached hydrogens (tertiary/aromatic N) is 1. The molecular weight excluding hydrogens is 254 g/mol. The van der Waals surface area contributed by atoms with Gasteiger partial charge in [-0.1, -0.05) is 20.8 Å². The van der Waals surface area contributed by atoms with E-state index in [2.05, 4.69) is 27.7 Å². The lowest BCUT2D eigenvalue weighted by Gasteiger charge is -2.58. The van der Waals surface area contributed by atoms with Gasteiger partial charge in [0.05, 0.1) is 4.87 Å². The highest BCUT2D eigenvalue weighted by Crippen LogP contribution is 2.61. The van der Waals surface area contributed by atoms with Gasteiger partial charge in [0, 0.05) is 12.3 Å². The fourth-order valence-corrected chi connectivity index (χ4v) is 5.35. The average molecular weight is 282 g/mol. The van der Waals surface area contributed by atoms with E-state index >= 15 is 0 Å². The predicted molar refractivity (Wildman–Crippen MR) is 83.1 cm³/mol. The molecule has 0 aromatic heterocycles. The van der Waals surface area contributed by atoms with E-state index in [0.29, 0.717) is 11.8 Å². The van der Waals surface area contributed by atoms with Crippen LogP contribution >= 0.6 is 11.6 Å². The molecule has 0 atom stereocenters. The van der Waals surface area contributed by atoms with E-state index in [1.54, 1.807) is 0 Å². The Bertz CT molecular complexity index is 363. The highest BCUT2D eigenvalue weighted by molar-refractivity contribution is 6.36. The molecule has 19 heavy (non-hydrogen) atoms. The number of alkyl halides is 1. The predicted octanol–water partition coefficient (Wildman–Crippen LogP) is 4.93. The fourth-order valence-electron chi connectivity index (χ4n) is 4.94. The molecule has 0 unspecified atom stereocenters. The standard InChI is InChI=1S/C17H28ClN/c1-11(19-10-16(2,3)4)17(18)14-6-12-5-13(8-14)9-15(17)7-12/h12-15H,5-10H2,1-4H3. The molecule has 4 aliphatic rings. The second kappa shape index (κ2) is 4.48. The van der Waals surface area contributed by atoms with Crippen molar-refractivity contribution in [3.8, 4) is 0 Å². The minimum Gasteiger partial charge on any atom is -0.292 e. The first-order chi connectivity index (χ1) is 8.79. The van der Waals surface area contributed by atoms with Crippen LogP contribution in [0.25, 0.3) is 0 Å².